The summed E-state index contributed by atoms with van der Waals surface area (Å²) in [4.78, 5) is 3.94. The minimum atomic E-state index is -4.30. The lowest BCUT2D eigenvalue weighted by Crippen LogP contribution is -2.08. The van der Waals surface area contributed by atoms with Gasteiger partial charge in [0.05, 0.1) is 12.2 Å². The van der Waals surface area contributed by atoms with E-state index in [2.05, 4.69) is 10.1 Å². The molecule has 11 heteroatoms. The highest BCUT2D eigenvalue weighted by molar-refractivity contribution is 5.95. The topological polar surface area (TPSA) is 152 Å². The highest BCUT2D eigenvalue weighted by Crippen LogP contribution is 2.28. The minimum absolute atomic E-state index is 0.0700. The number of aliphatic hydroxyl groups excluding tert-OH is 1. The van der Waals surface area contributed by atoms with Crippen LogP contribution in [0.4, 0.5) is 13.2 Å². The second-order valence-corrected chi connectivity index (χ2v) is 5.62. The molecule has 8 nitrogen and oxygen atoms in total. The molecule has 0 unspecified atom stereocenters. The highest BCUT2D eigenvalue weighted by Gasteiger charge is 2.29. The first-order valence-electron chi connectivity index (χ1n) is 8.65. The number of amidine groups is 1. The van der Waals surface area contributed by atoms with Gasteiger partial charge in [0, 0.05) is 23.5 Å². The Morgan fingerprint density at radius 3 is 2.10 bits per heavy atom. The molecule has 0 bridgehead atoms. The number of hydrogen-bond donors (Lipinski definition) is 5. The number of nitrogens with zero attached hydrogens (tertiary/aromatic N) is 2. The second kappa shape index (κ2) is 13.9. The Bertz CT molecular complexity index is 793. The quantitative estimate of drug-likeness (QED) is 0.278. The Kier molecular flexibility index (Phi) is 12.4. The third kappa shape index (κ3) is 11.0. The number of hydrogen-bond acceptors (Lipinski definition) is 7. The number of nitrogens with one attached hydrogen (secondary N) is 3. The number of aromatic nitrogens is 1. The second-order valence-electron chi connectivity index (χ2n) is 5.62. The summed E-state index contributed by atoms with van der Waals surface area (Å²) in [5, 5.41) is 25.9. The summed E-state index contributed by atoms with van der Waals surface area (Å²) in [5.74, 6) is 0.192. The normalized spacial score (nSPS) is 9.97. The van der Waals surface area contributed by atoms with Gasteiger partial charge < -0.3 is 21.0 Å². The summed E-state index contributed by atoms with van der Waals surface area (Å²) in [6.45, 7) is 4.02. The van der Waals surface area contributed by atoms with E-state index in [0.717, 1.165) is 24.2 Å². The maximum atomic E-state index is 12.0. The van der Waals surface area contributed by atoms with Crippen LogP contribution in [0.1, 0.15) is 30.5 Å². The molecular weight excluding hydrogens is 401 g/mol. The van der Waals surface area contributed by atoms with Gasteiger partial charge in [0.25, 0.3) is 0 Å². The Morgan fingerprint density at radius 2 is 1.73 bits per heavy atom. The van der Waals surface area contributed by atoms with Gasteiger partial charge in [-0.1, -0.05) is 19.1 Å². The van der Waals surface area contributed by atoms with Gasteiger partial charge in [-0.3, -0.25) is 5.41 Å². The van der Waals surface area contributed by atoms with E-state index in [4.69, 9.17) is 31.9 Å². The van der Waals surface area contributed by atoms with Gasteiger partial charge in [0.1, 0.15) is 0 Å². The molecule has 1 aromatic heterocycles. The number of ether oxygens (including phenoxy) is 1. The number of halogens is 3. The zero-order valence-electron chi connectivity index (χ0n) is 16.6. The standard InChI is InChI=1S/C9H11N5O.C8H7F3O.C2H7N/c1-6(10)7-2-3-9(13-4-7)15-5-8(11)14-12;9-8(10,11)7-3-1-6(5-12)2-4-7;1-2-3/h2-4,10-12H,5H2,1H3;1-4,12H,5H2;2-3H2,1H3. The fourth-order valence-electron chi connectivity index (χ4n) is 1.66. The Balaban J connectivity index is 0.000000505. The molecule has 0 fully saturated rings. The van der Waals surface area contributed by atoms with Gasteiger partial charge in [-0.2, -0.15) is 13.2 Å². The molecule has 2 aromatic rings. The van der Waals surface area contributed by atoms with E-state index in [9.17, 15) is 13.2 Å². The zero-order valence-corrected chi connectivity index (χ0v) is 16.6. The summed E-state index contributed by atoms with van der Waals surface area (Å²) in [7, 11) is 0. The molecule has 6 N–H and O–H groups in total. The predicted molar refractivity (Wildman–Crippen MR) is 107 cm³/mol. The SMILES string of the molecule is CC(=N)c1ccc(OCC(=N)N=N)nc1.CCN.OCc1ccc(C(F)(F)F)cc1. The van der Waals surface area contributed by atoms with Crippen LogP contribution in [0.5, 0.6) is 5.88 Å². The van der Waals surface area contributed by atoms with E-state index in [1.54, 1.807) is 19.1 Å². The minimum Gasteiger partial charge on any atom is -0.469 e. The van der Waals surface area contributed by atoms with E-state index in [0.29, 0.717) is 17.2 Å². The molecule has 1 heterocycles. The van der Waals surface area contributed by atoms with E-state index in [1.807, 2.05) is 6.92 Å². The smallest absolute Gasteiger partial charge is 0.416 e. The number of alkyl halides is 3. The molecule has 0 amide bonds. The Morgan fingerprint density at radius 1 is 1.17 bits per heavy atom. The largest absolute Gasteiger partial charge is 0.469 e. The average molecular weight is 426 g/mol. The first-order chi connectivity index (χ1) is 14.1. The van der Waals surface area contributed by atoms with E-state index >= 15 is 0 Å². The van der Waals surface area contributed by atoms with Crippen LogP contribution >= 0.6 is 0 Å². The number of pyridine rings is 1. The Labute approximate surface area is 172 Å². The van der Waals surface area contributed by atoms with Gasteiger partial charge in [-0.05, 0) is 37.2 Å². The lowest BCUT2D eigenvalue weighted by molar-refractivity contribution is -0.137. The van der Waals surface area contributed by atoms with Gasteiger partial charge in [-0.25, -0.2) is 10.5 Å². The lowest BCUT2D eigenvalue weighted by atomic mass is 10.1. The van der Waals surface area contributed by atoms with Crippen molar-refractivity contribution in [2.75, 3.05) is 13.2 Å². The summed E-state index contributed by atoms with van der Waals surface area (Å²) in [6, 6.07) is 7.74. The van der Waals surface area contributed by atoms with Crippen molar-refractivity contribution in [3.05, 3.63) is 59.3 Å². The van der Waals surface area contributed by atoms with Crippen LogP contribution in [-0.4, -0.2) is 34.8 Å². The van der Waals surface area contributed by atoms with Crippen LogP contribution in [-0.2, 0) is 12.8 Å². The number of aliphatic hydroxyl groups is 1. The fourth-order valence-corrected chi connectivity index (χ4v) is 1.66. The van der Waals surface area contributed by atoms with Crippen molar-refractivity contribution in [1.82, 2.24) is 4.98 Å². The first-order valence-corrected chi connectivity index (χ1v) is 8.65. The molecule has 0 aliphatic carbocycles. The molecule has 164 valence electrons. The summed E-state index contributed by atoms with van der Waals surface area (Å²) >= 11 is 0. The number of nitrogens with two attached hydrogens (primary N) is 1. The van der Waals surface area contributed by atoms with Crippen molar-refractivity contribution < 1.29 is 23.0 Å². The molecular formula is C19H25F3N6O2. The summed E-state index contributed by atoms with van der Waals surface area (Å²) in [5.41, 5.74) is 12.3. The lowest BCUT2D eigenvalue weighted by Gasteiger charge is -2.05. The average Bonchev–Trinajstić information content (AvgIpc) is 2.72. The van der Waals surface area contributed by atoms with Crippen LogP contribution in [0.25, 0.3) is 0 Å². The van der Waals surface area contributed by atoms with Crippen molar-refractivity contribution in [3.63, 3.8) is 0 Å². The molecule has 1 aromatic carbocycles. The number of rotatable bonds is 5. The molecule has 0 saturated carbocycles. The van der Waals surface area contributed by atoms with Crippen LogP contribution in [0, 0.1) is 16.3 Å². The van der Waals surface area contributed by atoms with Gasteiger partial charge in [0.15, 0.2) is 12.4 Å². The predicted octanol–water partition coefficient (Wildman–Crippen LogP) is 4.02. The van der Waals surface area contributed by atoms with Crippen molar-refractivity contribution in [1.29, 1.82) is 16.3 Å². The van der Waals surface area contributed by atoms with Crippen LogP contribution in [0.15, 0.2) is 47.7 Å². The van der Waals surface area contributed by atoms with Crippen molar-refractivity contribution in [3.8, 4) is 5.88 Å². The van der Waals surface area contributed by atoms with Crippen LogP contribution < -0.4 is 10.5 Å². The van der Waals surface area contributed by atoms with Crippen molar-refractivity contribution >= 4 is 11.5 Å². The third-order valence-corrected chi connectivity index (χ3v) is 3.12. The van der Waals surface area contributed by atoms with Crippen LogP contribution in [0.3, 0.4) is 0 Å². The molecule has 0 radical (unpaired) electrons. The van der Waals surface area contributed by atoms with E-state index in [1.165, 1.54) is 18.3 Å². The number of benzene rings is 1. The Hall–Kier alpha value is -3.18. The highest BCUT2D eigenvalue weighted by atomic mass is 19.4. The van der Waals surface area contributed by atoms with Crippen molar-refractivity contribution in [2.24, 2.45) is 10.8 Å². The van der Waals surface area contributed by atoms with Crippen LogP contribution in [0.2, 0.25) is 0 Å². The summed E-state index contributed by atoms with van der Waals surface area (Å²) < 4.78 is 41.0. The van der Waals surface area contributed by atoms with E-state index in [-0.39, 0.29) is 19.0 Å². The monoisotopic (exact) mass is 426 g/mol. The molecule has 0 saturated heterocycles. The maximum Gasteiger partial charge on any atom is 0.416 e. The molecule has 30 heavy (non-hydrogen) atoms. The first kappa shape index (κ1) is 26.8. The molecule has 0 spiro atoms. The maximum absolute atomic E-state index is 12.0. The summed E-state index contributed by atoms with van der Waals surface area (Å²) in [6.07, 6.45) is -2.77. The van der Waals surface area contributed by atoms with Gasteiger partial charge >= 0.3 is 6.18 Å². The van der Waals surface area contributed by atoms with E-state index < -0.39 is 11.7 Å². The molecule has 2 rings (SSSR count). The molecule has 0 aliphatic rings. The van der Waals surface area contributed by atoms with Gasteiger partial charge in [-0.15, -0.1) is 5.11 Å². The van der Waals surface area contributed by atoms with Crippen molar-refractivity contribution in [2.45, 2.75) is 26.6 Å². The zero-order chi connectivity index (χ0) is 23.2. The fraction of sp³-hybridized carbons (Fsp3) is 0.316. The molecule has 0 aliphatic heterocycles. The van der Waals surface area contributed by atoms with Gasteiger partial charge in [0.2, 0.25) is 5.88 Å². The third-order valence-electron chi connectivity index (χ3n) is 3.12. The molecule has 0 atom stereocenters.